The molecule has 2 aliphatic heterocycles. The van der Waals surface area contributed by atoms with Crippen molar-refractivity contribution >= 4 is 34.0 Å². The molecule has 1 atom stereocenters. The predicted octanol–water partition coefficient (Wildman–Crippen LogP) is 1.74. The van der Waals surface area contributed by atoms with Crippen LogP contribution in [0.15, 0.2) is 23.1 Å². The number of hydrogen-bond donors (Lipinski definition) is 1. The zero-order chi connectivity index (χ0) is 15.7. The highest BCUT2D eigenvalue weighted by atomic mass is 35.5. The summed E-state index contributed by atoms with van der Waals surface area (Å²) in [5.74, 6) is 0. The number of rotatable bonds is 3. The Kier molecular flexibility index (Phi) is 6.33. The average Bonchev–Trinajstić information content (AvgIpc) is 3.01. The Bertz CT molecular complexity index is 648. The molecule has 1 unspecified atom stereocenters. The van der Waals surface area contributed by atoms with E-state index in [9.17, 15) is 8.42 Å². The van der Waals surface area contributed by atoms with Gasteiger partial charge in [-0.1, -0.05) is 17.7 Å². The van der Waals surface area contributed by atoms with Gasteiger partial charge < -0.3 is 5.32 Å². The van der Waals surface area contributed by atoms with E-state index in [0.717, 1.165) is 32.6 Å². The maximum Gasteiger partial charge on any atom is 0.243 e. The third kappa shape index (κ3) is 3.83. The Hall–Kier alpha value is -0.370. The van der Waals surface area contributed by atoms with Gasteiger partial charge in [-0.05, 0) is 31.0 Å². The molecule has 23 heavy (non-hydrogen) atoms. The smallest absolute Gasteiger partial charge is 0.243 e. The van der Waals surface area contributed by atoms with Crippen molar-refractivity contribution in [2.45, 2.75) is 24.3 Å². The molecule has 1 N–H and O–H groups in total. The van der Waals surface area contributed by atoms with Crippen LogP contribution >= 0.6 is 24.0 Å². The largest absolute Gasteiger partial charge is 0.314 e. The second-order valence-electron chi connectivity index (χ2n) is 5.95. The van der Waals surface area contributed by atoms with E-state index in [1.165, 1.54) is 0 Å². The summed E-state index contributed by atoms with van der Waals surface area (Å²) in [6, 6.07) is 5.40. The quantitative estimate of drug-likeness (QED) is 0.868. The van der Waals surface area contributed by atoms with Gasteiger partial charge in [0.15, 0.2) is 0 Å². The van der Waals surface area contributed by atoms with Crippen LogP contribution in [-0.4, -0.2) is 62.9 Å². The summed E-state index contributed by atoms with van der Waals surface area (Å²) in [6.45, 7) is 6.88. The highest BCUT2D eigenvalue weighted by Crippen LogP contribution is 2.28. The van der Waals surface area contributed by atoms with Gasteiger partial charge in [0.2, 0.25) is 10.0 Å². The molecule has 1 aromatic rings. The summed E-state index contributed by atoms with van der Waals surface area (Å²) >= 11 is 6.08. The fourth-order valence-corrected chi connectivity index (χ4v) is 5.25. The van der Waals surface area contributed by atoms with Gasteiger partial charge in [0.05, 0.1) is 4.90 Å². The molecule has 0 amide bonds. The first-order valence-electron chi connectivity index (χ1n) is 7.70. The van der Waals surface area contributed by atoms with Crippen molar-refractivity contribution in [3.05, 3.63) is 28.8 Å². The second-order valence-corrected chi connectivity index (χ2v) is 8.27. The Morgan fingerprint density at radius 2 is 1.91 bits per heavy atom. The number of benzene rings is 1. The maximum atomic E-state index is 12.9. The van der Waals surface area contributed by atoms with Crippen LogP contribution in [0.4, 0.5) is 0 Å². The third-order valence-electron chi connectivity index (χ3n) is 4.63. The lowest BCUT2D eigenvalue weighted by molar-refractivity contribution is 0.179. The minimum Gasteiger partial charge on any atom is -0.314 e. The minimum absolute atomic E-state index is 0. The monoisotopic (exact) mass is 379 g/mol. The van der Waals surface area contributed by atoms with E-state index < -0.39 is 10.0 Å². The first-order valence-corrected chi connectivity index (χ1v) is 9.52. The molecule has 2 fully saturated rings. The highest BCUT2D eigenvalue weighted by molar-refractivity contribution is 7.89. The molecule has 0 bridgehead atoms. The number of nitrogens with one attached hydrogen (secondary N) is 1. The van der Waals surface area contributed by atoms with E-state index in [0.29, 0.717) is 34.6 Å². The molecule has 2 heterocycles. The molecule has 0 saturated carbocycles. The van der Waals surface area contributed by atoms with Gasteiger partial charge in [0.25, 0.3) is 0 Å². The van der Waals surface area contributed by atoms with Crippen LogP contribution in [0, 0.1) is 6.92 Å². The predicted molar refractivity (Wildman–Crippen MR) is 95.0 cm³/mol. The summed E-state index contributed by atoms with van der Waals surface area (Å²) in [5.41, 5.74) is 0.634. The summed E-state index contributed by atoms with van der Waals surface area (Å²) in [6.07, 6.45) is 0.902. The Labute approximate surface area is 149 Å². The van der Waals surface area contributed by atoms with Crippen LogP contribution in [0.2, 0.25) is 5.02 Å². The van der Waals surface area contributed by atoms with Crippen molar-refractivity contribution in [3.63, 3.8) is 0 Å². The van der Waals surface area contributed by atoms with Crippen LogP contribution in [0.3, 0.4) is 0 Å². The molecule has 5 nitrogen and oxygen atoms in total. The van der Waals surface area contributed by atoms with E-state index in [2.05, 4.69) is 10.2 Å². The van der Waals surface area contributed by atoms with E-state index >= 15 is 0 Å². The zero-order valence-corrected chi connectivity index (χ0v) is 15.6. The van der Waals surface area contributed by atoms with E-state index in [4.69, 9.17) is 11.6 Å². The molecule has 0 spiro atoms. The zero-order valence-electron chi connectivity index (χ0n) is 13.2. The SMILES string of the molecule is Cc1c(Cl)cccc1S(=O)(=O)N1CCC(N2CCNCC2)C1.Cl. The molecule has 0 aliphatic carbocycles. The van der Waals surface area contributed by atoms with Crippen molar-refractivity contribution in [3.8, 4) is 0 Å². The molecule has 0 radical (unpaired) electrons. The number of hydrogen-bond acceptors (Lipinski definition) is 4. The van der Waals surface area contributed by atoms with Crippen molar-refractivity contribution < 1.29 is 8.42 Å². The molecular formula is C15H23Cl2N3O2S. The van der Waals surface area contributed by atoms with Crippen LogP contribution in [0.25, 0.3) is 0 Å². The van der Waals surface area contributed by atoms with Gasteiger partial charge in [0.1, 0.15) is 0 Å². The number of piperazine rings is 1. The Morgan fingerprint density at radius 1 is 1.22 bits per heavy atom. The van der Waals surface area contributed by atoms with E-state index in [1.54, 1.807) is 29.4 Å². The Balaban J connectivity index is 0.00000192. The van der Waals surface area contributed by atoms with Crippen molar-refractivity contribution in [1.82, 2.24) is 14.5 Å². The second kappa shape index (κ2) is 7.68. The van der Waals surface area contributed by atoms with Gasteiger partial charge >= 0.3 is 0 Å². The summed E-state index contributed by atoms with van der Waals surface area (Å²) in [5, 5.41) is 3.83. The summed E-state index contributed by atoms with van der Waals surface area (Å²) in [7, 11) is -3.46. The average molecular weight is 380 g/mol. The fraction of sp³-hybridized carbons (Fsp3) is 0.600. The lowest BCUT2D eigenvalue weighted by atomic mass is 10.2. The lowest BCUT2D eigenvalue weighted by Crippen LogP contribution is -2.49. The van der Waals surface area contributed by atoms with Crippen molar-refractivity contribution in [2.75, 3.05) is 39.3 Å². The van der Waals surface area contributed by atoms with Gasteiger partial charge in [-0.2, -0.15) is 4.31 Å². The minimum atomic E-state index is -3.46. The first kappa shape index (κ1) is 19.0. The van der Waals surface area contributed by atoms with Crippen LogP contribution < -0.4 is 5.32 Å². The van der Waals surface area contributed by atoms with Crippen LogP contribution in [0.1, 0.15) is 12.0 Å². The Morgan fingerprint density at radius 3 is 2.61 bits per heavy atom. The topological polar surface area (TPSA) is 52.7 Å². The molecule has 2 saturated heterocycles. The van der Waals surface area contributed by atoms with E-state index in [-0.39, 0.29) is 12.4 Å². The van der Waals surface area contributed by atoms with E-state index in [1.807, 2.05) is 0 Å². The molecule has 1 aromatic carbocycles. The molecule has 8 heteroatoms. The third-order valence-corrected chi connectivity index (χ3v) is 7.05. The number of nitrogens with zero attached hydrogens (tertiary/aromatic N) is 2. The molecular weight excluding hydrogens is 357 g/mol. The highest BCUT2D eigenvalue weighted by Gasteiger charge is 2.36. The number of halogens is 2. The maximum absolute atomic E-state index is 12.9. The van der Waals surface area contributed by atoms with Crippen LogP contribution in [-0.2, 0) is 10.0 Å². The van der Waals surface area contributed by atoms with Gasteiger partial charge in [-0.25, -0.2) is 8.42 Å². The summed E-state index contributed by atoms with van der Waals surface area (Å²) in [4.78, 5) is 2.73. The number of sulfonamides is 1. The molecule has 0 aromatic heterocycles. The lowest BCUT2D eigenvalue weighted by Gasteiger charge is -2.32. The van der Waals surface area contributed by atoms with Crippen LogP contribution in [0.5, 0.6) is 0 Å². The molecule has 2 aliphatic rings. The van der Waals surface area contributed by atoms with Gasteiger partial charge in [-0.3, -0.25) is 4.90 Å². The normalized spacial score (nSPS) is 23.7. The van der Waals surface area contributed by atoms with Crippen molar-refractivity contribution in [1.29, 1.82) is 0 Å². The summed E-state index contributed by atoms with van der Waals surface area (Å²) < 4.78 is 27.4. The molecule has 3 rings (SSSR count). The first-order chi connectivity index (χ1) is 10.5. The molecule has 130 valence electrons. The van der Waals surface area contributed by atoms with Gasteiger partial charge in [-0.15, -0.1) is 12.4 Å². The van der Waals surface area contributed by atoms with Gasteiger partial charge in [0, 0.05) is 50.3 Å². The fourth-order valence-electron chi connectivity index (χ4n) is 3.28. The standard InChI is InChI=1S/C15H22ClN3O2S.ClH/c1-12-14(16)3-2-4-15(12)22(20,21)19-8-5-13(11-19)18-9-6-17-7-10-18;/h2-4,13,17H,5-11H2,1H3;1H. The van der Waals surface area contributed by atoms with Crippen molar-refractivity contribution in [2.24, 2.45) is 0 Å².